The van der Waals surface area contributed by atoms with Gasteiger partial charge in [-0.3, -0.25) is 14.5 Å². The fourth-order valence-electron chi connectivity index (χ4n) is 1.23. The van der Waals surface area contributed by atoms with Crippen LogP contribution < -0.4 is 10.9 Å². The Morgan fingerprint density at radius 3 is 2.06 bits per heavy atom. The summed E-state index contributed by atoms with van der Waals surface area (Å²) in [6.07, 6.45) is 0. The minimum atomic E-state index is -0.688. The first-order valence-corrected chi connectivity index (χ1v) is 5.02. The quantitative estimate of drug-likeness (QED) is 0.474. The predicted octanol–water partition coefficient (Wildman–Crippen LogP) is 0.690. The molecule has 1 aromatic carbocycles. The molecule has 0 fully saturated rings. The molecule has 0 heterocycles. The zero-order chi connectivity index (χ0) is 13.5. The lowest BCUT2D eigenvalue weighted by Gasteiger charge is -2.29. The van der Waals surface area contributed by atoms with Crippen LogP contribution in [0.5, 0.6) is 0 Å². The third-order valence-electron chi connectivity index (χ3n) is 2.04. The number of hydrogen-bond acceptors (Lipinski definition) is 6. The van der Waals surface area contributed by atoms with E-state index in [4.69, 9.17) is 20.4 Å². The van der Waals surface area contributed by atoms with E-state index in [1.165, 1.54) is 21.3 Å². The van der Waals surface area contributed by atoms with Crippen molar-refractivity contribution in [2.45, 2.75) is 0 Å². The van der Waals surface area contributed by atoms with Gasteiger partial charge in [0.15, 0.2) is 0 Å². The van der Waals surface area contributed by atoms with Crippen molar-refractivity contribution in [2.75, 3.05) is 26.3 Å². The average Bonchev–Trinajstić information content (AvgIpc) is 2.44. The number of urea groups is 1. The van der Waals surface area contributed by atoms with Crippen LogP contribution in [0.4, 0.5) is 10.5 Å². The zero-order valence-electron chi connectivity index (χ0n) is 10.4. The molecular weight excluding hydrogens is 240 g/mol. The van der Waals surface area contributed by atoms with Crippen LogP contribution in [0.15, 0.2) is 30.3 Å². The van der Waals surface area contributed by atoms with E-state index in [1.807, 2.05) is 6.07 Å². The summed E-state index contributed by atoms with van der Waals surface area (Å²) in [5.41, 5.74) is 0.497. The summed E-state index contributed by atoms with van der Waals surface area (Å²) in [4.78, 5) is 26.4. The highest BCUT2D eigenvalue weighted by Gasteiger charge is 2.27. The fourth-order valence-corrected chi connectivity index (χ4v) is 1.23. The van der Waals surface area contributed by atoms with Gasteiger partial charge in [0.1, 0.15) is 0 Å². The normalized spacial score (nSPS) is 10.5. The maximum atomic E-state index is 12.0. The molecule has 0 bridgehead atoms. The molecule has 0 aromatic heterocycles. The molecule has 18 heavy (non-hydrogen) atoms. The molecule has 1 aromatic rings. The molecule has 2 N–H and O–H groups in total. The Labute approximate surface area is 105 Å². The monoisotopic (exact) mass is 256 g/mol. The van der Waals surface area contributed by atoms with E-state index in [1.54, 1.807) is 24.3 Å². The van der Waals surface area contributed by atoms with Crippen molar-refractivity contribution in [2.24, 2.45) is 5.84 Å². The molecule has 2 amide bonds. The number of rotatable bonds is 5. The molecule has 0 atom stereocenters. The van der Waals surface area contributed by atoms with Crippen molar-refractivity contribution in [1.82, 2.24) is 10.5 Å². The van der Waals surface area contributed by atoms with Gasteiger partial charge in [-0.05, 0) is 12.1 Å². The van der Waals surface area contributed by atoms with Gasteiger partial charge >= 0.3 is 6.03 Å². The summed E-state index contributed by atoms with van der Waals surface area (Å²) in [6.45, 7) is 0. The Bertz CT molecular complexity index is 371. The summed E-state index contributed by atoms with van der Waals surface area (Å²) in [5, 5.41) is 2.35. The second kappa shape index (κ2) is 6.89. The Morgan fingerprint density at radius 2 is 1.61 bits per heavy atom. The van der Waals surface area contributed by atoms with Gasteiger partial charge in [-0.1, -0.05) is 23.4 Å². The Kier molecular flexibility index (Phi) is 5.49. The minimum Gasteiger partial charge on any atom is -0.257 e. The molecule has 0 saturated heterocycles. The van der Waals surface area contributed by atoms with Crippen molar-refractivity contribution in [3.8, 4) is 0 Å². The van der Waals surface area contributed by atoms with Crippen LogP contribution in [-0.2, 0) is 14.5 Å². The molecule has 0 aliphatic rings. The highest BCUT2D eigenvalue weighted by molar-refractivity contribution is 5.89. The lowest BCUT2D eigenvalue weighted by Crippen LogP contribution is -2.53. The first-order valence-electron chi connectivity index (χ1n) is 5.02. The SMILES string of the molecule is CON(OC)N(OC)C(=O)N(N)c1ccccc1. The summed E-state index contributed by atoms with van der Waals surface area (Å²) >= 11 is 0. The van der Waals surface area contributed by atoms with Crippen LogP contribution in [-0.4, -0.2) is 37.9 Å². The number of amides is 2. The number of anilines is 1. The van der Waals surface area contributed by atoms with E-state index in [2.05, 4.69) is 0 Å². The van der Waals surface area contributed by atoms with Gasteiger partial charge in [-0.15, -0.1) is 0 Å². The van der Waals surface area contributed by atoms with Crippen LogP contribution in [0.1, 0.15) is 0 Å². The molecule has 0 spiro atoms. The number of carbonyl (C=O) groups is 1. The van der Waals surface area contributed by atoms with Gasteiger partial charge < -0.3 is 0 Å². The highest BCUT2D eigenvalue weighted by Crippen LogP contribution is 2.12. The maximum absolute atomic E-state index is 12.0. The van der Waals surface area contributed by atoms with E-state index < -0.39 is 6.03 Å². The molecule has 8 nitrogen and oxygen atoms in total. The van der Waals surface area contributed by atoms with E-state index in [9.17, 15) is 4.79 Å². The van der Waals surface area contributed by atoms with Crippen molar-refractivity contribution in [3.05, 3.63) is 30.3 Å². The van der Waals surface area contributed by atoms with E-state index in [0.717, 1.165) is 10.3 Å². The van der Waals surface area contributed by atoms with Crippen molar-refractivity contribution >= 4 is 11.7 Å². The van der Waals surface area contributed by atoms with Crippen LogP contribution in [0.2, 0.25) is 0 Å². The van der Waals surface area contributed by atoms with Crippen molar-refractivity contribution in [3.63, 3.8) is 0 Å². The molecule has 100 valence electrons. The first kappa shape index (κ1) is 14.4. The molecule has 1 rings (SSSR count). The lowest BCUT2D eigenvalue weighted by atomic mass is 10.3. The summed E-state index contributed by atoms with van der Waals surface area (Å²) < 4.78 is 0. The number of hydrogen-bond donors (Lipinski definition) is 1. The number of nitrogens with zero attached hydrogens (tertiary/aromatic N) is 3. The summed E-state index contributed by atoms with van der Waals surface area (Å²) in [7, 11) is 3.90. The van der Waals surface area contributed by atoms with E-state index >= 15 is 0 Å². The largest absolute Gasteiger partial charge is 0.382 e. The number of hydrazine groups is 2. The molecule has 0 aliphatic heterocycles. The average molecular weight is 256 g/mol. The van der Waals surface area contributed by atoms with Gasteiger partial charge in [-0.2, -0.15) is 0 Å². The predicted molar refractivity (Wildman–Crippen MR) is 63.2 cm³/mol. The molecule has 0 radical (unpaired) electrons. The van der Waals surface area contributed by atoms with Gasteiger partial charge in [0.05, 0.1) is 32.4 Å². The Balaban J connectivity index is 2.84. The molecule has 8 heteroatoms. The number of carbonyl (C=O) groups excluding carboxylic acids is 1. The second-order valence-electron chi connectivity index (χ2n) is 3.05. The lowest BCUT2D eigenvalue weighted by molar-refractivity contribution is -0.491. The standard InChI is InChI=1S/C10H16N4O4/c1-16-13(14(17-2)18-3)10(15)12(11)9-7-5-4-6-8-9/h4-8H,11H2,1-3H3. The third-order valence-corrected chi connectivity index (χ3v) is 2.04. The van der Waals surface area contributed by atoms with Crippen LogP contribution in [0.25, 0.3) is 0 Å². The van der Waals surface area contributed by atoms with E-state index in [0.29, 0.717) is 10.9 Å². The van der Waals surface area contributed by atoms with Crippen LogP contribution in [0.3, 0.4) is 0 Å². The summed E-state index contributed by atoms with van der Waals surface area (Å²) in [5.74, 6) is 5.69. The number of nitrogens with two attached hydrogens (primary N) is 1. The highest BCUT2D eigenvalue weighted by atomic mass is 17.0. The zero-order valence-corrected chi connectivity index (χ0v) is 10.4. The third kappa shape index (κ3) is 3.15. The smallest absolute Gasteiger partial charge is 0.257 e. The number of benzene rings is 1. The van der Waals surface area contributed by atoms with Gasteiger partial charge in [-0.25, -0.2) is 15.6 Å². The summed E-state index contributed by atoms with van der Waals surface area (Å²) in [6, 6.07) is 7.98. The molecule has 0 unspecified atom stereocenters. The molecule has 0 aliphatic carbocycles. The van der Waals surface area contributed by atoms with Gasteiger partial charge in [0.25, 0.3) is 0 Å². The van der Waals surface area contributed by atoms with Crippen molar-refractivity contribution < 1.29 is 19.3 Å². The Morgan fingerprint density at radius 1 is 1.06 bits per heavy atom. The van der Waals surface area contributed by atoms with Crippen LogP contribution in [0, 0.1) is 0 Å². The number of hydroxylamine groups is 1. The van der Waals surface area contributed by atoms with E-state index in [-0.39, 0.29) is 0 Å². The van der Waals surface area contributed by atoms with Crippen LogP contribution >= 0.6 is 0 Å². The molecular formula is C10H16N4O4. The van der Waals surface area contributed by atoms with Crippen molar-refractivity contribution in [1.29, 1.82) is 0 Å². The molecule has 0 saturated carbocycles. The van der Waals surface area contributed by atoms with Gasteiger partial charge in [0.2, 0.25) is 0 Å². The topological polar surface area (TPSA) is 80.5 Å². The van der Waals surface area contributed by atoms with Gasteiger partial charge in [0, 0.05) is 0 Å². The Hall–Kier alpha value is -1.71. The fraction of sp³-hybridized carbons (Fsp3) is 0.300. The second-order valence-corrected chi connectivity index (χ2v) is 3.05. The first-order chi connectivity index (χ1) is 8.65. The maximum Gasteiger partial charge on any atom is 0.382 e. The minimum absolute atomic E-state index is 0.497. The number of para-hydroxylation sites is 1.